The van der Waals surface area contributed by atoms with E-state index in [2.05, 4.69) is 31.4 Å². The van der Waals surface area contributed by atoms with Gasteiger partial charge in [0.2, 0.25) is 0 Å². The topological polar surface area (TPSA) is 123 Å². The Bertz CT molecular complexity index is 1840. The first-order chi connectivity index (χ1) is 20.3. The minimum atomic E-state index is -3.11. The van der Waals surface area contributed by atoms with Crippen LogP contribution in [-0.2, 0) is 0 Å². The number of rotatable bonds is 7. The highest BCUT2D eigenvalue weighted by molar-refractivity contribution is 6.01. The van der Waals surface area contributed by atoms with Gasteiger partial charge in [0.05, 0.1) is 60.6 Å². The van der Waals surface area contributed by atoms with Crippen LogP contribution in [0.1, 0.15) is 17.5 Å². The number of nitrogens with one attached hydrogen (secondary N) is 1. The van der Waals surface area contributed by atoms with Crippen molar-refractivity contribution in [3.8, 4) is 29.2 Å². The number of ether oxygens (including phenoxy) is 3. The van der Waals surface area contributed by atoms with E-state index in [9.17, 15) is 5.26 Å². The number of methoxy groups -OCH3 is 1. The molecule has 214 valence electrons. The Kier molecular flexibility index (Phi) is 6.91. The van der Waals surface area contributed by atoms with E-state index in [1.165, 1.54) is 19.5 Å². The molecule has 1 aliphatic heterocycles. The van der Waals surface area contributed by atoms with Gasteiger partial charge in [-0.2, -0.15) is 10.4 Å². The Morgan fingerprint density at radius 1 is 1.14 bits per heavy atom. The number of anilines is 2. The number of likely N-dealkylation sites (tertiary alicyclic amines) is 1. The number of alkyl halides is 2. The molecule has 0 spiro atoms. The Labute approximate surface area is 239 Å². The van der Waals surface area contributed by atoms with Crippen LogP contribution in [0.3, 0.4) is 0 Å². The summed E-state index contributed by atoms with van der Waals surface area (Å²) in [6.07, 6.45) is 6.53. The monoisotopic (exact) mass is 572 g/mol. The van der Waals surface area contributed by atoms with Gasteiger partial charge in [-0.25, -0.2) is 23.3 Å². The van der Waals surface area contributed by atoms with E-state index in [0.29, 0.717) is 46.0 Å². The van der Waals surface area contributed by atoms with Gasteiger partial charge >= 0.3 is 0 Å². The quantitative estimate of drug-likeness (QED) is 0.281. The molecule has 0 amide bonds. The zero-order valence-electron chi connectivity index (χ0n) is 23.0. The van der Waals surface area contributed by atoms with Gasteiger partial charge in [0.1, 0.15) is 11.8 Å². The lowest BCUT2D eigenvalue weighted by molar-refractivity contribution is -0.135. The molecule has 42 heavy (non-hydrogen) atoms. The molecule has 0 aliphatic carbocycles. The van der Waals surface area contributed by atoms with Crippen LogP contribution in [-0.4, -0.2) is 68.7 Å². The standard InChI is InChI=1S/C29H26F2N8O3/c1-17-10-19(4-5-22(17)41-20-13-34-24-6-8-36-39(24)15-20)37-26-18(11-32)12-33-21-14-35-28(40-3)27(25(21)26)42-23-7-9-38(2)16-29(23,30)31/h4-6,8,10,12-15,23H,7,9,16H2,1-3H3,(H,33,37)/t23-/m0/s1. The van der Waals surface area contributed by atoms with E-state index in [1.54, 1.807) is 53.3 Å². The van der Waals surface area contributed by atoms with Gasteiger partial charge in [0.15, 0.2) is 23.3 Å². The third kappa shape index (κ3) is 5.08. The van der Waals surface area contributed by atoms with Gasteiger partial charge in [0.25, 0.3) is 11.8 Å². The third-order valence-electron chi connectivity index (χ3n) is 7.03. The zero-order valence-corrected chi connectivity index (χ0v) is 23.0. The van der Waals surface area contributed by atoms with Crippen molar-refractivity contribution in [2.45, 2.75) is 25.4 Å². The average Bonchev–Trinajstić information content (AvgIpc) is 3.44. The van der Waals surface area contributed by atoms with Crippen LogP contribution in [0, 0.1) is 18.3 Å². The van der Waals surface area contributed by atoms with E-state index in [-0.39, 0.29) is 23.6 Å². The predicted molar refractivity (Wildman–Crippen MR) is 150 cm³/mol. The highest BCUT2D eigenvalue weighted by Crippen LogP contribution is 2.43. The Balaban J connectivity index is 1.37. The van der Waals surface area contributed by atoms with E-state index >= 15 is 8.78 Å². The second kappa shape index (κ2) is 10.7. The summed E-state index contributed by atoms with van der Waals surface area (Å²) in [6, 6.07) is 9.31. The van der Waals surface area contributed by atoms with Gasteiger partial charge in [-0.05, 0) is 37.7 Å². The van der Waals surface area contributed by atoms with Crippen molar-refractivity contribution in [1.82, 2.24) is 29.5 Å². The summed E-state index contributed by atoms with van der Waals surface area (Å²) < 4.78 is 49.0. The second-order valence-corrected chi connectivity index (χ2v) is 10.0. The number of halogens is 2. The molecule has 0 saturated carbocycles. The molecule has 0 radical (unpaired) electrons. The number of hydrogen-bond donors (Lipinski definition) is 1. The molecule has 1 aromatic carbocycles. The molecule has 1 fully saturated rings. The van der Waals surface area contributed by atoms with Crippen molar-refractivity contribution >= 4 is 27.9 Å². The molecule has 1 aliphatic rings. The fraction of sp³-hybridized carbons (Fsp3) is 0.276. The zero-order chi connectivity index (χ0) is 29.4. The first-order valence-corrected chi connectivity index (χ1v) is 13.1. The molecule has 5 heterocycles. The van der Waals surface area contributed by atoms with Crippen LogP contribution in [0.5, 0.6) is 23.1 Å². The highest BCUT2D eigenvalue weighted by atomic mass is 19.3. The summed E-state index contributed by atoms with van der Waals surface area (Å²) in [5.74, 6) is -2.00. The number of nitriles is 1. The minimum Gasteiger partial charge on any atom is -0.478 e. The summed E-state index contributed by atoms with van der Waals surface area (Å²) in [5, 5.41) is 17.7. The van der Waals surface area contributed by atoms with Crippen molar-refractivity contribution in [3.05, 3.63) is 66.4 Å². The van der Waals surface area contributed by atoms with Crippen molar-refractivity contribution in [3.63, 3.8) is 0 Å². The number of fused-ring (bicyclic) bond motifs is 2. The molecule has 4 aromatic heterocycles. The summed E-state index contributed by atoms with van der Waals surface area (Å²) in [5.41, 5.74) is 2.98. The van der Waals surface area contributed by atoms with E-state index in [4.69, 9.17) is 14.2 Å². The molecular formula is C29H26F2N8O3. The first-order valence-electron chi connectivity index (χ1n) is 13.1. The molecule has 0 bridgehead atoms. The fourth-order valence-corrected chi connectivity index (χ4v) is 4.94. The van der Waals surface area contributed by atoms with Gasteiger partial charge in [0, 0.05) is 30.9 Å². The van der Waals surface area contributed by atoms with E-state index in [0.717, 1.165) is 5.56 Å². The molecule has 13 heteroatoms. The normalized spacial score (nSPS) is 16.7. The van der Waals surface area contributed by atoms with Crippen molar-refractivity contribution in [2.75, 3.05) is 32.6 Å². The van der Waals surface area contributed by atoms with Gasteiger partial charge in [-0.3, -0.25) is 4.98 Å². The molecule has 11 nitrogen and oxygen atoms in total. The SMILES string of the molecule is COc1ncc2ncc(C#N)c(Nc3ccc(Oc4cnc5ccnn5c4)c(C)c3)c2c1O[C@H]1CCN(C)CC1(F)F. The highest BCUT2D eigenvalue weighted by Gasteiger charge is 2.46. The van der Waals surface area contributed by atoms with Crippen molar-refractivity contribution in [1.29, 1.82) is 5.26 Å². The molecule has 0 unspecified atom stereocenters. The van der Waals surface area contributed by atoms with Crippen molar-refractivity contribution < 1.29 is 23.0 Å². The maximum absolute atomic E-state index is 15.0. The third-order valence-corrected chi connectivity index (χ3v) is 7.03. The van der Waals surface area contributed by atoms with Gasteiger partial charge in [-0.15, -0.1) is 0 Å². The van der Waals surface area contributed by atoms with Crippen LogP contribution in [0.2, 0.25) is 0 Å². The molecular weight excluding hydrogens is 546 g/mol. The first kappa shape index (κ1) is 27.1. The molecule has 1 saturated heterocycles. The minimum absolute atomic E-state index is 0.00508. The number of pyridine rings is 2. The van der Waals surface area contributed by atoms with Gasteiger partial charge < -0.3 is 24.4 Å². The molecule has 5 aromatic rings. The van der Waals surface area contributed by atoms with Crippen LogP contribution in [0.25, 0.3) is 16.6 Å². The number of nitrogens with zero attached hydrogens (tertiary/aromatic N) is 7. The Morgan fingerprint density at radius 3 is 2.76 bits per heavy atom. The molecule has 6 rings (SSSR count). The van der Waals surface area contributed by atoms with Crippen LogP contribution in [0.4, 0.5) is 20.2 Å². The van der Waals surface area contributed by atoms with Crippen LogP contribution < -0.4 is 19.5 Å². The van der Waals surface area contributed by atoms with Crippen molar-refractivity contribution in [2.24, 2.45) is 0 Å². The number of hydrogen-bond acceptors (Lipinski definition) is 10. The number of benzene rings is 1. The fourth-order valence-electron chi connectivity index (χ4n) is 4.94. The summed E-state index contributed by atoms with van der Waals surface area (Å²) in [7, 11) is 3.02. The number of aromatic nitrogens is 5. The number of piperidine rings is 1. The lowest BCUT2D eigenvalue weighted by Gasteiger charge is -2.36. The summed E-state index contributed by atoms with van der Waals surface area (Å²) in [6.45, 7) is 1.87. The lowest BCUT2D eigenvalue weighted by atomic mass is 10.0. The van der Waals surface area contributed by atoms with E-state index < -0.39 is 18.6 Å². The number of aryl methyl sites for hydroxylation is 1. The smallest absolute Gasteiger partial charge is 0.296 e. The summed E-state index contributed by atoms with van der Waals surface area (Å²) >= 11 is 0. The largest absolute Gasteiger partial charge is 0.478 e. The Hall–Kier alpha value is -5.09. The average molecular weight is 573 g/mol. The second-order valence-electron chi connectivity index (χ2n) is 10.0. The van der Waals surface area contributed by atoms with Crippen LogP contribution >= 0.6 is 0 Å². The Morgan fingerprint density at radius 2 is 2.00 bits per heavy atom. The van der Waals surface area contributed by atoms with Gasteiger partial charge in [-0.1, -0.05) is 0 Å². The maximum Gasteiger partial charge on any atom is 0.296 e. The molecule has 1 N–H and O–H groups in total. The molecule has 1 atom stereocenters. The predicted octanol–water partition coefficient (Wildman–Crippen LogP) is 5.12. The van der Waals surface area contributed by atoms with E-state index in [1.807, 2.05) is 13.0 Å². The maximum atomic E-state index is 15.0. The summed E-state index contributed by atoms with van der Waals surface area (Å²) in [4.78, 5) is 14.4. The lowest BCUT2D eigenvalue weighted by Crippen LogP contribution is -2.52. The van der Waals surface area contributed by atoms with Crippen LogP contribution in [0.15, 0.2) is 55.2 Å².